The largest absolute Gasteiger partial charge is 0.496 e. The quantitative estimate of drug-likeness (QED) is 0.727. The molecule has 2 heterocycles. The number of aromatic amines is 1. The number of para-hydroxylation sites is 1. The summed E-state index contributed by atoms with van der Waals surface area (Å²) in [6.45, 7) is 4.00. The third-order valence-electron chi connectivity index (χ3n) is 2.92. The number of pyridine rings is 1. The Balaban J connectivity index is 0.000000704. The zero-order valence-corrected chi connectivity index (χ0v) is 12.5. The highest BCUT2D eigenvalue weighted by Gasteiger charge is 2.13. The van der Waals surface area contributed by atoms with E-state index in [1.807, 2.05) is 44.3 Å². The number of nitrogens with one attached hydrogen (secondary N) is 1. The van der Waals surface area contributed by atoms with Gasteiger partial charge in [-0.25, -0.2) is 4.98 Å². The zero-order valence-electron chi connectivity index (χ0n) is 11.8. The van der Waals surface area contributed by atoms with Crippen LogP contribution in [0.4, 0.5) is 0 Å². The van der Waals surface area contributed by atoms with Gasteiger partial charge in [0.05, 0.1) is 12.1 Å². The number of rotatable bonds is 2. The van der Waals surface area contributed by atoms with E-state index >= 15 is 0 Å². The number of fused-ring (bicyclic) bond motifs is 1. The molecule has 1 N–H and O–H groups in total. The molecule has 0 aliphatic rings. The van der Waals surface area contributed by atoms with Crippen molar-refractivity contribution in [2.24, 2.45) is 0 Å². The van der Waals surface area contributed by atoms with Gasteiger partial charge >= 0.3 is 0 Å². The van der Waals surface area contributed by atoms with Crippen LogP contribution in [0.2, 0.25) is 5.02 Å². The van der Waals surface area contributed by atoms with Crippen LogP contribution >= 0.6 is 11.6 Å². The molecule has 2 aromatic heterocycles. The van der Waals surface area contributed by atoms with Crippen LogP contribution in [0.5, 0.6) is 5.75 Å². The van der Waals surface area contributed by atoms with Crippen molar-refractivity contribution in [1.82, 2.24) is 9.97 Å². The fraction of sp³-hybridized carbons (Fsp3) is 0.188. The lowest BCUT2D eigenvalue weighted by Crippen LogP contribution is -1.86. The highest BCUT2D eigenvalue weighted by atomic mass is 35.5. The second kappa shape index (κ2) is 6.44. The molecule has 3 rings (SSSR count). The SMILES string of the molecule is CC.COc1ccccc1-c1c[nH]c2nccc(Cl)c12. The molecule has 20 heavy (non-hydrogen) atoms. The molecule has 0 radical (unpaired) electrons. The van der Waals surface area contributed by atoms with Crippen molar-refractivity contribution in [3.05, 3.63) is 47.7 Å². The highest BCUT2D eigenvalue weighted by Crippen LogP contribution is 2.37. The fourth-order valence-corrected chi connectivity index (χ4v) is 2.34. The molecule has 1 aromatic carbocycles. The molecule has 0 fully saturated rings. The van der Waals surface area contributed by atoms with Crippen LogP contribution in [0.25, 0.3) is 22.2 Å². The first-order valence-electron chi connectivity index (χ1n) is 6.56. The van der Waals surface area contributed by atoms with Gasteiger partial charge in [0.2, 0.25) is 0 Å². The van der Waals surface area contributed by atoms with Crippen LogP contribution < -0.4 is 4.74 Å². The Morgan fingerprint density at radius 2 is 1.85 bits per heavy atom. The van der Waals surface area contributed by atoms with Crippen molar-refractivity contribution in [3.63, 3.8) is 0 Å². The van der Waals surface area contributed by atoms with Crippen LogP contribution in [0.3, 0.4) is 0 Å². The first-order chi connectivity index (χ1) is 9.81. The van der Waals surface area contributed by atoms with Crippen LogP contribution in [0, 0.1) is 0 Å². The molecule has 0 atom stereocenters. The average molecular weight is 289 g/mol. The molecule has 0 aliphatic heterocycles. The Morgan fingerprint density at radius 3 is 2.60 bits per heavy atom. The van der Waals surface area contributed by atoms with Gasteiger partial charge in [0.25, 0.3) is 0 Å². The minimum absolute atomic E-state index is 0.683. The summed E-state index contributed by atoms with van der Waals surface area (Å²) in [4.78, 5) is 7.39. The summed E-state index contributed by atoms with van der Waals surface area (Å²) in [5.74, 6) is 0.818. The van der Waals surface area contributed by atoms with Crippen LogP contribution in [-0.2, 0) is 0 Å². The van der Waals surface area contributed by atoms with Gasteiger partial charge in [-0.15, -0.1) is 0 Å². The van der Waals surface area contributed by atoms with E-state index in [0.29, 0.717) is 5.02 Å². The monoisotopic (exact) mass is 288 g/mol. The Kier molecular flexibility index (Phi) is 4.64. The summed E-state index contributed by atoms with van der Waals surface area (Å²) in [5.41, 5.74) is 2.78. The summed E-state index contributed by atoms with van der Waals surface area (Å²) >= 11 is 6.25. The highest BCUT2D eigenvalue weighted by molar-refractivity contribution is 6.36. The summed E-state index contributed by atoms with van der Waals surface area (Å²) in [7, 11) is 1.66. The fourth-order valence-electron chi connectivity index (χ4n) is 2.10. The van der Waals surface area contributed by atoms with Crippen molar-refractivity contribution < 1.29 is 4.74 Å². The van der Waals surface area contributed by atoms with E-state index in [-0.39, 0.29) is 0 Å². The third-order valence-corrected chi connectivity index (χ3v) is 3.23. The maximum Gasteiger partial charge on any atom is 0.139 e. The molecule has 0 aliphatic carbocycles. The van der Waals surface area contributed by atoms with Crippen molar-refractivity contribution in [2.75, 3.05) is 7.11 Å². The van der Waals surface area contributed by atoms with E-state index in [1.54, 1.807) is 19.4 Å². The molecule has 0 saturated heterocycles. The Bertz CT molecular complexity index is 707. The van der Waals surface area contributed by atoms with E-state index in [1.165, 1.54) is 0 Å². The Hall–Kier alpha value is -2.00. The van der Waals surface area contributed by atoms with E-state index in [0.717, 1.165) is 27.9 Å². The molecule has 4 heteroatoms. The molecular weight excluding hydrogens is 272 g/mol. The summed E-state index contributed by atoms with van der Waals surface area (Å²) in [5, 5.41) is 1.60. The minimum Gasteiger partial charge on any atom is -0.496 e. The first kappa shape index (κ1) is 14.4. The second-order valence-corrected chi connectivity index (χ2v) is 4.33. The number of ether oxygens (including phenoxy) is 1. The molecule has 0 saturated carbocycles. The first-order valence-corrected chi connectivity index (χ1v) is 6.94. The number of methoxy groups -OCH3 is 1. The number of nitrogens with zero attached hydrogens (tertiary/aromatic N) is 1. The Morgan fingerprint density at radius 1 is 1.10 bits per heavy atom. The standard InChI is InChI=1S/C14H11ClN2O.C2H6/c1-18-12-5-3-2-4-9(12)10-8-17-14-13(10)11(15)6-7-16-14;1-2/h2-8H,1H3,(H,16,17);1-2H3. The van der Waals surface area contributed by atoms with Gasteiger partial charge in [-0.3, -0.25) is 0 Å². The van der Waals surface area contributed by atoms with Gasteiger partial charge in [0, 0.05) is 28.9 Å². The van der Waals surface area contributed by atoms with Gasteiger partial charge in [-0.1, -0.05) is 43.6 Å². The number of benzene rings is 1. The van der Waals surface area contributed by atoms with E-state index in [4.69, 9.17) is 16.3 Å². The maximum atomic E-state index is 6.25. The van der Waals surface area contributed by atoms with Crippen molar-refractivity contribution in [2.45, 2.75) is 13.8 Å². The number of aromatic nitrogens is 2. The molecule has 3 nitrogen and oxygen atoms in total. The maximum absolute atomic E-state index is 6.25. The van der Waals surface area contributed by atoms with Crippen LogP contribution in [0.15, 0.2) is 42.7 Å². The second-order valence-electron chi connectivity index (χ2n) is 3.92. The van der Waals surface area contributed by atoms with E-state index in [9.17, 15) is 0 Å². The van der Waals surface area contributed by atoms with Gasteiger partial charge in [0.15, 0.2) is 0 Å². The van der Waals surface area contributed by atoms with Gasteiger partial charge in [-0.05, 0) is 12.1 Å². The minimum atomic E-state index is 0.683. The van der Waals surface area contributed by atoms with Gasteiger partial charge in [-0.2, -0.15) is 0 Å². The van der Waals surface area contributed by atoms with E-state index < -0.39 is 0 Å². The molecule has 0 bridgehead atoms. The number of H-pyrrole nitrogens is 1. The molecule has 3 aromatic rings. The molecule has 0 amide bonds. The molecule has 0 unspecified atom stereocenters. The summed E-state index contributed by atoms with van der Waals surface area (Å²) in [6, 6.07) is 9.64. The summed E-state index contributed by atoms with van der Waals surface area (Å²) in [6.07, 6.45) is 3.59. The van der Waals surface area contributed by atoms with E-state index in [2.05, 4.69) is 9.97 Å². The smallest absolute Gasteiger partial charge is 0.139 e. The predicted molar refractivity (Wildman–Crippen MR) is 84.4 cm³/mol. The third kappa shape index (κ3) is 2.49. The van der Waals surface area contributed by atoms with Gasteiger partial charge in [0.1, 0.15) is 11.4 Å². The summed E-state index contributed by atoms with van der Waals surface area (Å²) < 4.78 is 5.38. The topological polar surface area (TPSA) is 37.9 Å². The van der Waals surface area contributed by atoms with Crippen molar-refractivity contribution >= 4 is 22.6 Å². The number of hydrogen-bond donors (Lipinski definition) is 1. The molecule has 104 valence electrons. The lowest BCUT2D eigenvalue weighted by Gasteiger charge is -2.07. The van der Waals surface area contributed by atoms with Crippen molar-refractivity contribution in [3.8, 4) is 16.9 Å². The average Bonchev–Trinajstić information content (AvgIpc) is 2.94. The normalized spacial score (nSPS) is 10.0. The van der Waals surface area contributed by atoms with Crippen LogP contribution in [0.1, 0.15) is 13.8 Å². The van der Waals surface area contributed by atoms with Crippen molar-refractivity contribution in [1.29, 1.82) is 0 Å². The molecule has 0 spiro atoms. The molecular formula is C16H17ClN2O. The van der Waals surface area contributed by atoms with Gasteiger partial charge < -0.3 is 9.72 Å². The number of hydrogen-bond acceptors (Lipinski definition) is 2. The zero-order chi connectivity index (χ0) is 14.5. The number of halogens is 1. The lowest BCUT2D eigenvalue weighted by atomic mass is 10.0. The Labute approximate surface area is 123 Å². The lowest BCUT2D eigenvalue weighted by molar-refractivity contribution is 0.416. The van der Waals surface area contributed by atoms with Crippen LogP contribution in [-0.4, -0.2) is 17.1 Å². The predicted octanol–water partition coefficient (Wildman–Crippen LogP) is 4.92.